The molecule has 0 bridgehead atoms. The van der Waals surface area contributed by atoms with Crippen LogP contribution in [0.3, 0.4) is 0 Å². The number of fused-ring (bicyclic) bond motifs is 1. The van der Waals surface area contributed by atoms with Gasteiger partial charge in [-0.1, -0.05) is 5.10 Å². The van der Waals surface area contributed by atoms with Gasteiger partial charge in [-0.3, -0.25) is 9.67 Å². The van der Waals surface area contributed by atoms with Crippen LogP contribution < -0.4 is 4.59 Å². The van der Waals surface area contributed by atoms with Crippen LogP contribution in [0.25, 0.3) is 5.57 Å². The Hall–Kier alpha value is -2.99. The molecule has 0 aliphatic carbocycles. The summed E-state index contributed by atoms with van der Waals surface area (Å²) in [7, 11) is 3.60. The zero-order valence-corrected chi connectivity index (χ0v) is 14.8. The lowest BCUT2D eigenvalue weighted by molar-refractivity contribution is 0.278. The first-order valence-electron chi connectivity index (χ1n) is 8.11. The summed E-state index contributed by atoms with van der Waals surface area (Å²) in [4.78, 5) is 4.40. The third kappa shape index (κ3) is 2.26. The lowest BCUT2D eigenvalue weighted by Crippen LogP contribution is -2.38. The summed E-state index contributed by atoms with van der Waals surface area (Å²) in [5.41, 5.74) is 6.22. The Bertz CT molecular complexity index is 979. The number of pyridine rings is 1. The maximum absolute atomic E-state index is 5.69. The molecule has 0 aromatic carbocycles. The van der Waals surface area contributed by atoms with Gasteiger partial charge in [0.1, 0.15) is 6.20 Å². The van der Waals surface area contributed by atoms with Crippen molar-refractivity contribution in [2.45, 2.75) is 13.8 Å². The van der Waals surface area contributed by atoms with Gasteiger partial charge in [-0.2, -0.15) is 5.10 Å². The highest BCUT2D eigenvalue weighted by atomic mass is 16.5. The van der Waals surface area contributed by atoms with Crippen LogP contribution in [0.2, 0.25) is 0 Å². The number of nitrogens with zero attached hydrogens (tertiary/aromatic N) is 5. The van der Waals surface area contributed by atoms with Crippen LogP contribution in [0, 0.1) is 13.8 Å². The molecular formula is C19H20N5O+. The van der Waals surface area contributed by atoms with Crippen molar-refractivity contribution in [2.75, 3.05) is 7.11 Å². The predicted molar refractivity (Wildman–Crippen MR) is 98.4 cm³/mol. The van der Waals surface area contributed by atoms with Gasteiger partial charge in [0.2, 0.25) is 5.70 Å². The maximum Gasteiger partial charge on any atom is 0.213 e. The molecule has 0 fully saturated rings. The third-order valence-electron chi connectivity index (χ3n) is 4.77. The fraction of sp³-hybridized carbons (Fsp3) is 0.211. The summed E-state index contributed by atoms with van der Waals surface area (Å²) in [6.07, 6.45) is 13.7. The van der Waals surface area contributed by atoms with E-state index in [0.717, 1.165) is 39.5 Å². The quantitative estimate of drug-likeness (QED) is 0.810. The van der Waals surface area contributed by atoms with E-state index in [1.807, 2.05) is 57.0 Å². The van der Waals surface area contributed by atoms with E-state index in [2.05, 4.69) is 23.2 Å². The molecule has 0 amide bonds. The number of aromatic nitrogens is 3. The zero-order chi connectivity index (χ0) is 17.6. The van der Waals surface area contributed by atoms with Gasteiger partial charge >= 0.3 is 0 Å². The molecule has 6 nitrogen and oxygen atoms in total. The van der Waals surface area contributed by atoms with Gasteiger partial charge in [0, 0.05) is 54.0 Å². The molecule has 2 aromatic rings. The Labute approximate surface area is 146 Å². The second kappa shape index (κ2) is 5.53. The molecule has 126 valence electrons. The smallest absolute Gasteiger partial charge is 0.213 e. The van der Waals surface area contributed by atoms with E-state index in [1.165, 1.54) is 0 Å². The van der Waals surface area contributed by atoms with Crippen molar-refractivity contribution >= 4 is 17.5 Å². The molecule has 2 aromatic heterocycles. The monoisotopic (exact) mass is 334 g/mol. The van der Waals surface area contributed by atoms with Gasteiger partial charge in [-0.25, -0.2) is 0 Å². The van der Waals surface area contributed by atoms with Crippen molar-refractivity contribution in [3.63, 3.8) is 0 Å². The summed E-state index contributed by atoms with van der Waals surface area (Å²) >= 11 is 0. The van der Waals surface area contributed by atoms with Gasteiger partial charge in [-0.05, 0) is 19.9 Å². The lowest BCUT2D eigenvalue weighted by atomic mass is 10.0. The maximum atomic E-state index is 5.69. The van der Waals surface area contributed by atoms with Crippen LogP contribution in [0.1, 0.15) is 16.8 Å². The number of hydrogen-bond donors (Lipinski definition) is 0. The van der Waals surface area contributed by atoms with Gasteiger partial charge in [0.15, 0.2) is 11.4 Å². The van der Waals surface area contributed by atoms with Crippen LogP contribution in [-0.2, 0) is 11.8 Å². The number of allylic oxidation sites excluding steroid dienone is 3. The van der Waals surface area contributed by atoms with E-state index in [9.17, 15) is 0 Å². The Morgan fingerprint density at radius 2 is 2.08 bits per heavy atom. The molecule has 25 heavy (non-hydrogen) atoms. The Balaban J connectivity index is 1.97. The minimum Gasteiger partial charge on any atom is -0.491 e. The van der Waals surface area contributed by atoms with Crippen molar-refractivity contribution in [2.24, 2.45) is 12.1 Å². The highest BCUT2D eigenvalue weighted by molar-refractivity contribution is 5.87. The second-order valence-electron chi connectivity index (χ2n) is 6.24. The SMILES string of the molecule is COC1=CC(c2cnn(C)c2)=C[N+]2(c3ccnc(C)c3C)N=CC=C12. The van der Waals surface area contributed by atoms with Crippen molar-refractivity contribution in [3.05, 3.63) is 71.3 Å². The molecule has 0 saturated carbocycles. The van der Waals surface area contributed by atoms with E-state index < -0.39 is 0 Å². The molecule has 0 N–H and O–H groups in total. The van der Waals surface area contributed by atoms with E-state index in [-0.39, 0.29) is 4.59 Å². The van der Waals surface area contributed by atoms with Crippen molar-refractivity contribution in [1.29, 1.82) is 0 Å². The average Bonchev–Trinajstić information content (AvgIpc) is 3.23. The van der Waals surface area contributed by atoms with Gasteiger partial charge < -0.3 is 4.74 Å². The second-order valence-corrected chi connectivity index (χ2v) is 6.24. The molecule has 2 aliphatic heterocycles. The first-order valence-corrected chi connectivity index (χ1v) is 8.11. The van der Waals surface area contributed by atoms with E-state index in [1.54, 1.807) is 11.8 Å². The summed E-state index contributed by atoms with van der Waals surface area (Å²) in [5, 5.41) is 9.10. The topological polar surface area (TPSA) is 52.3 Å². The number of quaternary nitrogens is 1. The number of methoxy groups -OCH3 is 1. The minimum absolute atomic E-state index is 0.249. The molecule has 1 unspecified atom stereocenters. The fourth-order valence-corrected chi connectivity index (χ4v) is 3.34. The molecular weight excluding hydrogens is 314 g/mol. The van der Waals surface area contributed by atoms with Crippen molar-refractivity contribution in [3.8, 4) is 0 Å². The summed E-state index contributed by atoms with van der Waals surface area (Å²) in [5.74, 6) is 0.799. The fourth-order valence-electron chi connectivity index (χ4n) is 3.34. The van der Waals surface area contributed by atoms with Gasteiger partial charge in [0.25, 0.3) is 0 Å². The van der Waals surface area contributed by atoms with Crippen LogP contribution >= 0.6 is 0 Å². The summed E-state index contributed by atoms with van der Waals surface area (Å²) in [6.45, 7) is 4.10. The Morgan fingerprint density at radius 3 is 2.80 bits per heavy atom. The van der Waals surface area contributed by atoms with E-state index in [0.29, 0.717) is 0 Å². The van der Waals surface area contributed by atoms with Crippen LogP contribution in [0.5, 0.6) is 0 Å². The van der Waals surface area contributed by atoms with Crippen molar-refractivity contribution in [1.82, 2.24) is 19.4 Å². The Morgan fingerprint density at radius 1 is 1.24 bits per heavy atom. The first kappa shape index (κ1) is 15.5. The highest BCUT2D eigenvalue weighted by Crippen LogP contribution is 2.44. The predicted octanol–water partition coefficient (Wildman–Crippen LogP) is 3.21. The van der Waals surface area contributed by atoms with Crippen LogP contribution in [-0.4, -0.2) is 28.1 Å². The van der Waals surface area contributed by atoms with Crippen LogP contribution in [0.15, 0.2) is 59.6 Å². The molecule has 6 heteroatoms. The summed E-state index contributed by atoms with van der Waals surface area (Å²) < 4.78 is 7.74. The van der Waals surface area contributed by atoms with Crippen LogP contribution in [0.4, 0.5) is 5.69 Å². The van der Waals surface area contributed by atoms with Crippen molar-refractivity contribution < 1.29 is 4.74 Å². The zero-order valence-electron chi connectivity index (χ0n) is 14.8. The molecule has 0 spiro atoms. The Kier molecular flexibility index (Phi) is 3.43. The number of ether oxygens (including phenoxy) is 1. The third-order valence-corrected chi connectivity index (χ3v) is 4.77. The standard InChI is InChI=1S/C19H20N5O/c1-13-14(2)20-7-5-17(13)24-12-15(16-10-21-23(3)11-16)9-19(25-4)18(24)6-8-22-24/h5-12H,1-4H3/q+1. The number of aryl methyl sites for hydroxylation is 2. The highest BCUT2D eigenvalue weighted by Gasteiger charge is 2.44. The molecule has 0 saturated heterocycles. The van der Waals surface area contributed by atoms with E-state index >= 15 is 0 Å². The van der Waals surface area contributed by atoms with Gasteiger partial charge in [0.05, 0.1) is 19.5 Å². The molecule has 4 heterocycles. The van der Waals surface area contributed by atoms with E-state index in [4.69, 9.17) is 9.84 Å². The molecule has 4 rings (SSSR count). The normalized spacial score (nSPS) is 21.5. The molecule has 0 radical (unpaired) electrons. The molecule has 1 atom stereocenters. The minimum atomic E-state index is 0.249. The first-order chi connectivity index (χ1) is 12.0. The lowest BCUT2D eigenvalue weighted by Gasteiger charge is -2.31. The largest absolute Gasteiger partial charge is 0.491 e. The number of hydrogen-bond acceptors (Lipinski definition) is 4. The summed E-state index contributed by atoms with van der Waals surface area (Å²) in [6, 6.07) is 2.02. The average molecular weight is 334 g/mol. The number of rotatable bonds is 3. The molecule has 2 aliphatic rings. The van der Waals surface area contributed by atoms with Gasteiger partial charge in [-0.15, -0.1) is 4.59 Å².